The van der Waals surface area contributed by atoms with Gasteiger partial charge >= 0.3 is 9.05 Å². The van der Waals surface area contributed by atoms with Gasteiger partial charge < -0.3 is 17.7 Å². The van der Waals surface area contributed by atoms with E-state index in [1.807, 2.05) is 39.0 Å². The van der Waals surface area contributed by atoms with Crippen LogP contribution in [0.5, 0.6) is 0 Å². The molecule has 108 valence electrons. The number of rotatable bonds is 10. The first-order valence-corrected chi connectivity index (χ1v) is 8.49. The van der Waals surface area contributed by atoms with Gasteiger partial charge in [-0.15, -0.1) is 0 Å². The Kier molecular flexibility index (Phi) is 7.93. The van der Waals surface area contributed by atoms with Crippen molar-refractivity contribution in [2.24, 2.45) is 0 Å². The lowest BCUT2D eigenvalue weighted by molar-refractivity contribution is -0.0268. The molecule has 5 heteroatoms. The largest absolute Gasteiger partial charge is 0.679 e. The monoisotopic (exact) mass is 284 g/mol. The molecule has 0 saturated heterocycles. The summed E-state index contributed by atoms with van der Waals surface area (Å²) in [5.74, 6) is 0. The summed E-state index contributed by atoms with van der Waals surface area (Å²) in [5.41, 5.74) is 1.23. The molecule has 0 heterocycles. The van der Waals surface area contributed by atoms with Gasteiger partial charge in [-0.05, 0) is 32.8 Å². The molecule has 19 heavy (non-hydrogen) atoms. The molecule has 0 amide bonds. The van der Waals surface area contributed by atoms with Gasteiger partial charge in [0.05, 0.1) is 0 Å². The summed E-state index contributed by atoms with van der Waals surface area (Å²) in [7, 11) is -2.95. The predicted octanol–water partition coefficient (Wildman–Crippen LogP) is 2.79. The lowest BCUT2D eigenvalue weighted by Gasteiger charge is -2.26. The minimum absolute atomic E-state index is 0.525. The highest BCUT2D eigenvalue weighted by molar-refractivity contribution is 6.53. The van der Waals surface area contributed by atoms with Gasteiger partial charge in [-0.2, -0.15) is 0 Å². The molecule has 0 N–H and O–H groups in total. The van der Waals surface area contributed by atoms with Crippen LogP contribution in [0.2, 0.25) is 0 Å². The van der Waals surface area contributed by atoms with E-state index in [2.05, 4.69) is 12.1 Å². The summed E-state index contributed by atoms with van der Waals surface area (Å²) >= 11 is 0. The van der Waals surface area contributed by atoms with Gasteiger partial charge in [-0.25, -0.2) is 0 Å². The quantitative estimate of drug-likeness (QED) is 0.619. The molecule has 0 atom stereocenters. The van der Waals surface area contributed by atoms with Crippen molar-refractivity contribution >= 4 is 9.05 Å². The molecular weight excluding hydrogens is 260 g/mol. The highest BCUT2D eigenvalue weighted by Gasteiger charge is 2.44. The van der Waals surface area contributed by atoms with E-state index in [0.717, 1.165) is 6.42 Å². The minimum Gasteiger partial charge on any atom is -0.351 e. The molecule has 0 spiro atoms. The van der Waals surface area contributed by atoms with Crippen LogP contribution in [-0.2, 0) is 24.1 Å². The molecular formula is C14H24O4Si. The Balaban J connectivity index is 2.51. The highest BCUT2D eigenvalue weighted by Crippen LogP contribution is 2.13. The van der Waals surface area contributed by atoms with E-state index in [4.69, 9.17) is 17.7 Å². The molecule has 0 aliphatic carbocycles. The average Bonchev–Trinajstić information content (AvgIpc) is 2.41. The number of benzene rings is 1. The van der Waals surface area contributed by atoms with Crippen LogP contribution < -0.4 is 0 Å². The molecule has 0 aromatic heterocycles. The maximum absolute atomic E-state index is 5.83. The van der Waals surface area contributed by atoms with E-state index in [1.54, 1.807) is 0 Å². The van der Waals surface area contributed by atoms with Crippen LogP contribution in [0, 0.1) is 0 Å². The zero-order chi connectivity index (χ0) is 14.0. The Hall–Kier alpha value is -0.723. The summed E-state index contributed by atoms with van der Waals surface area (Å²) in [6.45, 7) is 7.87. The van der Waals surface area contributed by atoms with Gasteiger partial charge in [0.2, 0.25) is 0 Å². The van der Waals surface area contributed by atoms with E-state index in [1.165, 1.54) is 5.56 Å². The Morgan fingerprint density at radius 2 is 1.32 bits per heavy atom. The van der Waals surface area contributed by atoms with Crippen molar-refractivity contribution in [1.82, 2.24) is 0 Å². The molecule has 0 radical (unpaired) electrons. The normalized spacial score (nSPS) is 11.7. The molecule has 0 fully saturated rings. The van der Waals surface area contributed by atoms with Crippen LogP contribution in [0.1, 0.15) is 26.3 Å². The van der Waals surface area contributed by atoms with E-state index < -0.39 is 9.05 Å². The van der Waals surface area contributed by atoms with Crippen LogP contribution >= 0.6 is 0 Å². The molecule has 1 rings (SSSR count). The van der Waals surface area contributed by atoms with Crippen LogP contribution in [0.3, 0.4) is 0 Å². The Morgan fingerprint density at radius 3 is 1.79 bits per heavy atom. The lowest BCUT2D eigenvalue weighted by atomic mass is 10.2. The summed E-state index contributed by atoms with van der Waals surface area (Å²) in [5, 5.41) is 0. The first-order valence-electron chi connectivity index (χ1n) is 6.86. The molecule has 0 aliphatic heterocycles. The van der Waals surface area contributed by atoms with E-state index >= 15 is 0 Å². The highest BCUT2D eigenvalue weighted by atomic mass is 28.4. The Bertz CT molecular complexity index is 314. The fraction of sp³-hybridized carbons (Fsp3) is 0.571. The van der Waals surface area contributed by atoms with Gasteiger partial charge in [0.25, 0.3) is 0 Å². The fourth-order valence-corrected chi connectivity index (χ4v) is 3.63. The molecule has 4 nitrogen and oxygen atoms in total. The van der Waals surface area contributed by atoms with Crippen LogP contribution in [0.15, 0.2) is 30.3 Å². The molecule has 0 saturated carbocycles. The second-order valence-corrected chi connectivity index (χ2v) is 6.04. The van der Waals surface area contributed by atoms with Gasteiger partial charge in [0.1, 0.15) is 0 Å². The fourth-order valence-electron chi connectivity index (χ4n) is 1.72. The van der Waals surface area contributed by atoms with Gasteiger partial charge in [0.15, 0.2) is 0 Å². The SMILES string of the molecule is CCO[Si](OCC)(OCC)OCCc1ccccc1. The zero-order valence-electron chi connectivity index (χ0n) is 12.1. The molecule has 1 aromatic rings. The van der Waals surface area contributed by atoms with Crippen molar-refractivity contribution in [2.45, 2.75) is 27.2 Å². The van der Waals surface area contributed by atoms with Crippen molar-refractivity contribution in [3.05, 3.63) is 35.9 Å². The minimum atomic E-state index is -2.95. The maximum atomic E-state index is 5.83. The molecule has 0 aliphatic rings. The summed E-state index contributed by atoms with van der Waals surface area (Å²) in [6, 6.07) is 10.2. The molecule has 1 aromatic carbocycles. The third-order valence-electron chi connectivity index (χ3n) is 2.48. The van der Waals surface area contributed by atoms with Crippen molar-refractivity contribution in [2.75, 3.05) is 26.4 Å². The number of hydrogen-bond acceptors (Lipinski definition) is 4. The lowest BCUT2D eigenvalue weighted by Crippen LogP contribution is -2.49. The number of hydrogen-bond donors (Lipinski definition) is 0. The first-order chi connectivity index (χ1) is 9.26. The van der Waals surface area contributed by atoms with E-state index in [0.29, 0.717) is 26.4 Å². The molecule has 0 unspecified atom stereocenters. The van der Waals surface area contributed by atoms with Crippen LogP contribution in [0.25, 0.3) is 0 Å². The first kappa shape index (κ1) is 16.3. The summed E-state index contributed by atoms with van der Waals surface area (Å²) in [4.78, 5) is 0. The van der Waals surface area contributed by atoms with Crippen LogP contribution in [0.4, 0.5) is 0 Å². The summed E-state index contributed by atoms with van der Waals surface area (Å²) < 4.78 is 22.7. The summed E-state index contributed by atoms with van der Waals surface area (Å²) in [6.07, 6.45) is 0.822. The van der Waals surface area contributed by atoms with E-state index in [9.17, 15) is 0 Å². The average molecular weight is 284 g/mol. The van der Waals surface area contributed by atoms with Crippen molar-refractivity contribution in [1.29, 1.82) is 0 Å². The Labute approximate surface area is 117 Å². The smallest absolute Gasteiger partial charge is 0.351 e. The molecule has 0 bridgehead atoms. The van der Waals surface area contributed by atoms with Crippen molar-refractivity contribution in [3.63, 3.8) is 0 Å². The Morgan fingerprint density at radius 1 is 0.789 bits per heavy atom. The van der Waals surface area contributed by atoms with Crippen LogP contribution in [-0.4, -0.2) is 35.5 Å². The van der Waals surface area contributed by atoms with Gasteiger partial charge in [-0.1, -0.05) is 30.3 Å². The maximum Gasteiger partial charge on any atom is 0.679 e. The topological polar surface area (TPSA) is 36.9 Å². The second-order valence-electron chi connectivity index (χ2n) is 3.88. The standard InChI is InChI=1S/C14H24O4Si/c1-4-15-19(16-5-2,17-6-3)18-13-12-14-10-8-7-9-11-14/h7-11H,4-6,12-13H2,1-3H3. The van der Waals surface area contributed by atoms with Crippen molar-refractivity contribution < 1.29 is 17.7 Å². The van der Waals surface area contributed by atoms with Gasteiger partial charge in [0, 0.05) is 26.4 Å². The third-order valence-corrected chi connectivity index (χ3v) is 4.96. The predicted molar refractivity (Wildman–Crippen MR) is 76.7 cm³/mol. The third kappa shape index (κ3) is 5.84. The van der Waals surface area contributed by atoms with Crippen molar-refractivity contribution in [3.8, 4) is 0 Å². The zero-order valence-corrected chi connectivity index (χ0v) is 13.1. The van der Waals surface area contributed by atoms with Gasteiger partial charge in [-0.3, -0.25) is 0 Å². The van der Waals surface area contributed by atoms with E-state index in [-0.39, 0.29) is 0 Å². The second kappa shape index (κ2) is 9.22.